The molecule has 5 rings (SSSR count). The molecule has 158 valence electrons. The van der Waals surface area contributed by atoms with Gasteiger partial charge in [-0.15, -0.1) is 0 Å². The van der Waals surface area contributed by atoms with E-state index in [0.29, 0.717) is 24.7 Å². The number of hydrogen-bond acceptors (Lipinski definition) is 4. The van der Waals surface area contributed by atoms with Crippen molar-refractivity contribution in [1.82, 2.24) is 4.72 Å². The maximum absolute atomic E-state index is 13.3. The minimum atomic E-state index is -3.80. The Morgan fingerprint density at radius 1 is 1.10 bits per heavy atom. The van der Waals surface area contributed by atoms with Crippen molar-refractivity contribution in [2.75, 3.05) is 0 Å². The summed E-state index contributed by atoms with van der Waals surface area (Å²) in [6, 6.07) is 8.08. The monoisotopic (exact) mass is 418 g/mol. The predicted octanol–water partition coefficient (Wildman–Crippen LogP) is 2.77. The number of benzene rings is 1. The zero-order valence-electron chi connectivity index (χ0n) is 17.1. The maximum Gasteiger partial charge on any atom is 0.241 e. The van der Waals surface area contributed by atoms with E-state index in [2.05, 4.69) is 4.72 Å². The van der Waals surface area contributed by atoms with E-state index in [1.165, 1.54) is 12.1 Å². The summed E-state index contributed by atoms with van der Waals surface area (Å²) in [6.45, 7) is 3.25. The molecule has 0 saturated heterocycles. The molecule has 4 bridgehead atoms. The molecule has 1 aromatic carbocycles. The van der Waals surface area contributed by atoms with Gasteiger partial charge in [0, 0.05) is 6.42 Å². The van der Waals surface area contributed by atoms with Gasteiger partial charge in [0.1, 0.15) is 0 Å². The van der Waals surface area contributed by atoms with Crippen molar-refractivity contribution in [3.63, 3.8) is 0 Å². The Morgan fingerprint density at radius 3 is 2.24 bits per heavy atom. The van der Waals surface area contributed by atoms with Gasteiger partial charge in [-0.3, -0.25) is 9.59 Å². The molecular formula is C22H30N2O4S. The van der Waals surface area contributed by atoms with Crippen LogP contribution >= 0.6 is 0 Å². The highest BCUT2D eigenvalue weighted by atomic mass is 32.2. The minimum absolute atomic E-state index is 0.126. The molecule has 3 N–H and O–H groups in total. The second-order valence-electron chi connectivity index (χ2n) is 10.2. The van der Waals surface area contributed by atoms with E-state index >= 15 is 0 Å². The summed E-state index contributed by atoms with van der Waals surface area (Å²) in [6.07, 6.45) is 5.64. The van der Waals surface area contributed by atoms with Crippen LogP contribution in [0.1, 0.15) is 58.8 Å². The van der Waals surface area contributed by atoms with Gasteiger partial charge < -0.3 is 5.73 Å². The smallest absolute Gasteiger partial charge is 0.241 e. The van der Waals surface area contributed by atoms with Crippen LogP contribution in [0.15, 0.2) is 35.2 Å². The number of nitrogens with one attached hydrogen (secondary N) is 1. The predicted molar refractivity (Wildman–Crippen MR) is 109 cm³/mol. The highest BCUT2D eigenvalue weighted by Crippen LogP contribution is 2.66. The lowest BCUT2D eigenvalue weighted by Crippen LogP contribution is -2.58. The Morgan fingerprint density at radius 2 is 1.69 bits per heavy atom. The number of amides is 1. The number of carbonyl (C=O) groups excluding carboxylic acids is 2. The lowest BCUT2D eigenvalue weighted by atomic mass is 9.43. The number of ketones is 1. The highest BCUT2D eigenvalue weighted by Gasteiger charge is 2.60. The Labute approximate surface area is 172 Å². The minimum Gasteiger partial charge on any atom is -0.369 e. The first-order valence-corrected chi connectivity index (χ1v) is 11.9. The Hall–Kier alpha value is -1.73. The number of hydrogen-bond donors (Lipinski definition) is 2. The van der Waals surface area contributed by atoms with Crippen LogP contribution in [0.25, 0.3) is 0 Å². The summed E-state index contributed by atoms with van der Waals surface area (Å²) >= 11 is 0. The summed E-state index contributed by atoms with van der Waals surface area (Å²) in [7, 11) is -3.80. The first-order chi connectivity index (χ1) is 13.5. The van der Waals surface area contributed by atoms with Crippen LogP contribution in [0.2, 0.25) is 0 Å². The van der Waals surface area contributed by atoms with E-state index in [9.17, 15) is 18.0 Å². The van der Waals surface area contributed by atoms with E-state index in [1.807, 2.05) is 0 Å². The van der Waals surface area contributed by atoms with Crippen molar-refractivity contribution in [3.05, 3.63) is 30.3 Å². The molecule has 29 heavy (non-hydrogen) atoms. The topological polar surface area (TPSA) is 106 Å². The third kappa shape index (κ3) is 3.63. The highest BCUT2D eigenvalue weighted by molar-refractivity contribution is 7.89. The lowest BCUT2D eigenvalue weighted by molar-refractivity contribution is -0.158. The average molecular weight is 419 g/mol. The normalized spacial score (nSPS) is 33.6. The van der Waals surface area contributed by atoms with E-state index in [-0.39, 0.29) is 22.0 Å². The Bertz CT molecular complexity index is 925. The molecule has 0 aromatic heterocycles. The molecule has 2 atom stereocenters. The summed E-state index contributed by atoms with van der Waals surface area (Å²) in [5.74, 6) is 0.535. The van der Waals surface area contributed by atoms with E-state index in [0.717, 1.165) is 32.1 Å². The van der Waals surface area contributed by atoms with Gasteiger partial charge in [0.2, 0.25) is 15.9 Å². The number of rotatable bonds is 7. The molecule has 2 unspecified atom stereocenters. The van der Waals surface area contributed by atoms with Crippen molar-refractivity contribution < 1.29 is 18.0 Å². The largest absolute Gasteiger partial charge is 0.369 e. The van der Waals surface area contributed by atoms with Crippen molar-refractivity contribution in [2.45, 2.75) is 69.2 Å². The number of nitrogens with two attached hydrogens (primary N) is 1. The van der Waals surface area contributed by atoms with Gasteiger partial charge >= 0.3 is 0 Å². The van der Waals surface area contributed by atoms with Crippen LogP contribution < -0.4 is 10.5 Å². The van der Waals surface area contributed by atoms with E-state index < -0.39 is 21.0 Å². The maximum atomic E-state index is 13.3. The summed E-state index contributed by atoms with van der Waals surface area (Å²) < 4.78 is 28.1. The fourth-order valence-electron chi connectivity index (χ4n) is 6.56. The van der Waals surface area contributed by atoms with Crippen LogP contribution in [0.3, 0.4) is 0 Å². The molecule has 0 aliphatic heterocycles. The average Bonchev–Trinajstić information content (AvgIpc) is 2.60. The van der Waals surface area contributed by atoms with Crippen molar-refractivity contribution in [1.29, 1.82) is 0 Å². The molecule has 4 saturated carbocycles. The third-order valence-corrected chi connectivity index (χ3v) is 9.05. The number of sulfonamides is 1. The van der Waals surface area contributed by atoms with Gasteiger partial charge in [0.15, 0.2) is 5.78 Å². The summed E-state index contributed by atoms with van der Waals surface area (Å²) in [5, 5.41) is 0. The molecule has 0 radical (unpaired) electrons. The third-order valence-electron chi connectivity index (χ3n) is 7.38. The number of primary amides is 1. The fraction of sp³-hybridized carbons (Fsp3) is 0.636. The van der Waals surface area contributed by atoms with Crippen LogP contribution in [-0.4, -0.2) is 25.6 Å². The molecule has 6 nitrogen and oxygen atoms in total. The summed E-state index contributed by atoms with van der Waals surface area (Å²) in [5.41, 5.74) is 3.87. The van der Waals surface area contributed by atoms with Gasteiger partial charge in [-0.2, -0.15) is 4.72 Å². The standard InChI is InChI=1S/C22H30N2O4S/c1-20(2,24-29(27,28)17-6-4-3-5-7-17)18(25)13-21-9-15-8-16(10-21)12-22(11-15,14-21)19(23)26/h3-7,15-16,24H,8-14H2,1-2H3,(H2,23,26). The van der Waals surface area contributed by atoms with Gasteiger partial charge in [-0.25, -0.2) is 8.42 Å². The van der Waals surface area contributed by atoms with Crippen molar-refractivity contribution in [2.24, 2.45) is 28.4 Å². The zero-order chi connectivity index (χ0) is 21.1. The number of Topliss-reactive ketones (excluding diaryl/α,β-unsaturated/α-hetero) is 1. The van der Waals surface area contributed by atoms with E-state index in [1.54, 1.807) is 32.0 Å². The molecule has 0 heterocycles. The lowest BCUT2D eigenvalue weighted by Gasteiger charge is -2.61. The van der Waals surface area contributed by atoms with Crippen LogP contribution in [-0.2, 0) is 19.6 Å². The first-order valence-electron chi connectivity index (χ1n) is 10.4. The van der Waals surface area contributed by atoms with E-state index in [4.69, 9.17) is 5.73 Å². The summed E-state index contributed by atoms with van der Waals surface area (Å²) in [4.78, 5) is 25.7. The Kier molecular flexibility index (Phi) is 4.70. The molecule has 1 amide bonds. The van der Waals surface area contributed by atoms with Gasteiger partial charge in [-0.1, -0.05) is 18.2 Å². The molecule has 7 heteroatoms. The van der Waals surface area contributed by atoms with Crippen LogP contribution in [0.5, 0.6) is 0 Å². The second kappa shape index (κ2) is 6.64. The molecule has 0 spiro atoms. The second-order valence-corrected chi connectivity index (χ2v) is 11.9. The van der Waals surface area contributed by atoms with Crippen LogP contribution in [0, 0.1) is 22.7 Å². The fourth-order valence-corrected chi connectivity index (χ4v) is 7.98. The molecular weight excluding hydrogens is 388 g/mol. The van der Waals surface area contributed by atoms with Crippen molar-refractivity contribution >= 4 is 21.7 Å². The SMILES string of the molecule is CC(C)(NS(=O)(=O)c1ccccc1)C(=O)CC12CC3CC(C1)CC(C(N)=O)(C3)C2. The zero-order valence-corrected chi connectivity index (χ0v) is 17.9. The van der Waals surface area contributed by atoms with Crippen molar-refractivity contribution in [3.8, 4) is 0 Å². The van der Waals surface area contributed by atoms with Gasteiger partial charge in [0.25, 0.3) is 0 Å². The first kappa shape index (κ1) is 20.5. The van der Waals surface area contributed by atoms with Gasteiger partial charge in [-0.05, 0) is 81.8 Å². The number of carbonyl (C=O) groups is 2. The molecule has 4 aliphatic rings. The molecule has 4 fully saturated rings. The molecule has 1 aromatic rings. The Balaban J connectivity index is 1.53. The molecule has 4 aliphatic carbocycles. The van der Waals surface area contributed by atoms with Crippen LogP contribution in [0.4, 0.5) is 0 Å². The quantitative estimate of drug-likeness (QED) is 0.710. The van der Waals surface area contributed by atoms with Gasteiger partial charge in [0.05, 0.1) is 15.8 Å².